The molecule has 3 N–H and O–H groups in total. The first-order chi connectivity index (χ1) is 13.8. The minimum Gasteiger partial charge on any atom is -0.348 e. The van der Waals surface area contributed by atoms with Gasteiger partial charge in [0.25, 0.3) is 21.5 Å². The average molecular weight is 412 g/mol. The lowest BCUT2D eigenvalue weighted by molar-refractivity contribution is 0.0950. The number of aromatic nitrogens is 2. The number of nitrogens with zero attached hydrogens (tertiary/aromatic N) is 1. The number of benzene rings is 1. The molecule has 0 atom stereocenters. The van der Waals surface area contributed by atoms with Gasteiger partial charge in [0, 0.05) is 35.8 Å². The van der Waals surface area contributed by atoms with Gasteiger partial charge < -0.3 is 10.3 Å². The Morgan fingerprint density at radius 3 is 2.34 bits per heavy atom. The summed E-state index contributed by atoms with van der Waals surface area (Å²) in [5.74, 6) is -0.407. The third kappa shape index (κ3) is 4.88. The first-order valence-electron chi connectivity index (χ1n) is 8.77. The van der Waals surface area contributed by atoms with Crippen molar-refractivity contribution in [2.45, 2.75) is 25.3 Å². The van der Waals surface area contributed by atoms with E-state index in [0.717, 1.165) is 11.3 Å². The first-order valence-corrected chi connectivity index (χ1v) is 10.2. The van der Waals surface area contributed by atoms with Crippen LogP contribution in [0, 0.1) is 13.8 Å². The van der Waals surface area contributed by atoms with Gasteiger partial charge in [-0.2, -0.15) is 0 Å². The van der Waals surface area contributed by atoms with E-state index in [1.807, 2.05) is 6.07 Å². The summed E-state index contributed by atoms with van der Waals surface area (Å²) in [6.45, 7) is 3.67. The lowest BCUT2D eigenvalue weighted by Crippen LogP contribution is -2.28. The SMILES string of the molecule is Cc1cc(C)c(CNC(=O)c2ccc(S(=O)(=O)Nc3ccncc3)cc2)c(=O)[nH]1. The normalized spacial score (nSPS) is 11.1. The zero-order chi connectivity index (χ0) is 21.0. The number of H-pyrrole nitrogens is 1. The molecular weight excluding hydrogens is 392 g/mol. The summed E-state index contributed by atoms with van der Waals surface area (Å²) in [5.41, 5.74) is 2.45. The summed E-state index contributed by atoms with van der Waals surface area (Å²) in [6.07, 6.45) is 2.96. The predicted octanol–water partition coefficient (Wildman–Crippen LogP) is 2.12. The maximum absolute atomic E-state index is 12.4. The van der Waals surface area contributed by atoms with Gasteiger partial charge in [-0.1, -0.05) is 0 Å². The molecule has 8 nitrogen and oxygen atoms in total. The van der Waals surface area contributed by atoms with Crippen LogP contribution >= 0.6 is 0 Å². The third-order valence-electron chi connectivity index (χ3n) is 4.28. The van der Waals surface area contributed by atoms with Gasteiger partial charge in [0.05, 0.1) is 10.6 Å². The van der Waals surface area contributed by atoms with Crippen LogP contribution < -0.4 is 15.6 Å². The lowest BCUT2D eigenvalue weighted by atomic mass is 10.1. The highest BCUT2D eigenvalue weighted by Gasteiger charge is 2.15. The molecule has 0 radical (unpaired) electrons. The number of hydrogen-bond acceptors (Lipinski definition) is 5. The number of aromatic amines is 1. The zero-order valence-electron chi connectivity index (χ0n) is 15.9. The van der Waals surface area contributed by atoms with Crippen LogP contribution in [0.4, 0.5) is 5.69 Å². The van der Waals surface area contributed by atoms with Crippen molar-refractivity contribution in [3.8, 4) is 0 Å². The van der Waals surface area contributed by atoms with Crippen molar-refractivity contribution >= 4 is 21.6 Å². The standard InChI is InChI=1S/C20H20N4O4S/c1-13-11-14(2)23-20(26)18(13)12-22-19(25)15-3-5-17(6-4-15)29(27,28)24-16-7-9-21-10-8-16/h3-11H,12H2,1-2H3,(H,21,24)(H,22,25)(H,23,26). The monoisotopic (exact) mass is 412 g/mol. The zero-order valence-corrected chi connectivity index (χ0v) is 16.7. The molecule has 0 aliphatic rings. The van der Waals surface area contributed by atoms with Gasteiger partial charge in [0.2, 0.25) is 0 Å². The van der Waals surface area contributed by atoms with Gasteiger partial charge in [-0.05, 0) is 61.9 Å². The van der Waals surface area contributed by atoms with Gasteiger partial charge in [-0.3, -0.25) is 19.3 Å². The molecule has 0 aliphatic heterocycles. The Bertz CT molecular complexity index is 1190. The van der Waals surface area contributed by atoms with Crippen LogP contribution in [0.1, 0.15) is 27.2 Å². The van der Waals surface area contributed by atoms with E-state index in [1.165, 1.54) is 48.8 Å². The van der Waals surface area contributed by atoms with E-state index in [9.17, 15) is 18.0 Å². The van der Waals surface area contributed by atoms with E-state index in [4.69, 9.17) is 0 Å². The lowest BCUT2D eigenvalue weighted by Gasteiger charge is -2.10. The fraction of sp³-hybridized carbons (Fsp3) is 0.150. The van der Waals surface area contributed by atoms with Crippen LogP contribution in [0.3, 0.4) is 0 Å². The van der Waals surface area contributed by atoms with Crippen molar-refractivity contribution in [3.05, 3.63) is 87.6 Å². The quantitative estimate of drug-likeness (QED) is 0.573. The van der Waals surface area contributed by atoms with Gasteiger partial charge >= 0.3 is 0 Å². The summed E-state index contributed by atoms with van der Waals surface area (Å²) >= 11 is 0. The van der Waals surface area contributed by atoms with E-state index >= 15 is 0 Å². The molecule has 3 rings (SSSR count). The van der Waals surface area contributed by atoms with E-state index in [-0.39, 0.29) is 22.6 Å². The number of pyridine rings is 2. The number of carbonyl (C=O) groups excluding carboxylic acids is 1. The van der Waals surface area contributed by atoms with E-state index in [0.29, 0.717) is 11.3 Å². The van der Waals surface area contributed by atoms with Crippen LogP contribution in [0.25, 0.3) is 0 Å². The minimum atomic E-state index is -3.78. The second-order valence-electron chi connectivity index (χ2n) is 6.49. The molecule has 1 aromatic carbocycles. The molecule has 0 bridgehead atoms. The number of anilines is 1. The molecule has 2 heterocycles. The predicted molar refractivity (Wildman–Crippen MR) is 109 cm³/mol. The van der Waals surface area contributed by atoms with Crippen molar-refractivity contribution in [1.29, 1.82) is 0 Å². The largest absolute Gasteiger partial charge is 0.348 e. The molecule has 0 saturated heterocycles. The number of carbonyl (C=O) groups is 1. The number of hydrogen-bond donors (Lipinski definition) is 3. The van der Waals surface area contributed by atoms with Gasteiger partial charge in [0.1, 0.15) is 0 Å². The highest BCUT2D eigenvalue weighted by atomic mass is 32.2. The minimum absolute atomic E-state index is 0.0247. The average Bonchev–Trinajstić information content (AvgIpc) is 2.67. The van der Waals surface area contributed by atoms with Crippen LogP contribution in [0.5, 0.6) is 0 Å². The highest BCUT2D eigenvalue weighted by molar-refractivity contribution is 7.92. The molecular formula is C20H20N4O4S. The Morgan fingerprint density at radius 2 is 1.72 bits per heavy atom. The van der Waals surface area contributed by atoms with Gasteiger partial charge in [0.15, 0.2) is 0 Å². The van der Waals surface area contributed by atoms with Crippen LogP contribution in [-0.2, 0) is 16.6 Å². The third-order valence-corrected chi connectivity index (χ3v) is 5.68. The van der Waals surface area contributed by atoms with Crippen molar-refractivity contribution in [2.24, 2.45) is 0 Å². The topological polar surface area (TPSA) is 121 Å². The van der Waals surface area contributed by atoms with Crippen molar-refractivity contribution in [2.75, 3.05) is 4.72 Å². The van der Waals surface area contributed by atoms with Gasteiger partial charge in [-0.25, -0.2) is 8.42 Å². The number of amides is 1. The second-order valence-corrected chi connectivity index (χ2v) is 8.17. The smallest absolute Gasteiger partial charge is 0.261 e. The molecule has 29 heavy (non-hydrogen) atoms. The first kappa shape index (κ1) is 20.3. The molecule has 0 spiro atoms. The maximum Gasteiger partial charge on any atom is 0.261 e. The summed E-state index contributed by atoms with van der Waals surface area (Å²) in [6, 6.07) is 10.4. The Morgan fingerprint density at radius 1 is 1.07 bits per heavy atom. The Hall–Kier alpha value is -3.46. The fourth-order valence-corrected chi connectivity index (χ4v) is 3.85. The van der Waals surface area contributed by atoms with Crippen molar-refractivity contribution < 1.29 is 13.2 Å². The van der Waals surface area contributed by atoms with Crippen LogP contribution in [-0.4, -0.2) is 24.3 Å². The van der Waals surface area contributed by atoms with Gasteiger partial charge in [-0.15, -0.1) is 0 Å². The molecule has 2 aromatic heterocycles. The highest BCUT2D eigenvalue weighted by Crippen LogP contribution is 2.16. The summed E-state index contributed by atoms with van der Waals surface area (Å²) in [5, 5.41) is 2.68. The molecule has 1 amide bonds. The van der Waals surface area contributed by atoms with E-state index < -0.39 is 15.9 Å². The van der Waals surface area contributed by atoms with Crippen LogP contribution in [0.2, 0.25) is 0 Å². The van der Waals surface area contributed by atoms with Crippen molar-refractivity contribution in [1.82, 2.24) is 15.3 Å². The molecule has 0 fully saturated rings. The fourth-order valence-electron chi connectivity index (χ4n) is 2.79. The molecule has 0 aliphatic carbocycles. The Labute approximate surface area is 168 Å². The molecule has 9 heteroatoms. The number of sulfonamides is 1. The number of nitrogens with one attached hydrogen (secondary N) is 3. The number of rotatable bonds is 6. The molecule has 0 saturated carbocycles. The Kier molecular flexibility index (Phi) is 5.79. The Balaban J connectivity index is 1.70. The summed E-state index contributed by atoms with van der Waals surface area (Å²) in [4.78, 5) is 31.0. The van der Waals surface area contributed by atoms with Crippen molar-refractivity contribution in [3.63, 3.8) is 0 Å². The van der Waals surface area contributed by atoms with Crippen LogP contribution in [0.15, 0.2) is 64.5 Å². The second kappa shape index (κ2) is 8.27. The summed E-state index contributed by atoms with van der Waals surface area (Å²) < 4.78 is 27.3. The maximum atomic E-state index is 12.4. The summed E-state index contributed by atoms with van der Waals surface area (Å²) in [7, 11) is -3.78. The van der Waals surface area contributed by atoms with E-state index in [2.05, 4.69) is 20.0 Å². The molecule has 3 aromatic rings. The molecule has 0 unspecified atom stereocenters. The number of aryl methyl sites for hydroxylation is 2. The van der Waals surface area contributed by atoms with E-state index in [1.54, 1.807) is 13.8 Å². The molecule has 150 valence electrons.